The van der Waals surface area contributed by atoms with Crippen molar-refractivity contribution in [3.8, 4) is 0 Å². The molecule has 1 saturated heterocycles. The van der Waals surface area contributed by atoms with E-state index in [-0.39, 0.29) is 36.2 Å². The number of anilines is 1. The molecule has 0 radical (unpaired) electrons. The largest absolute Gasteiger partial charge is 1.00 e. The first kappa shape index (κ1) is 18.9. The van der Waals surface area contributed by atoms with E-state index < -0.39 is 0 Å². The number of aromatic nitrogens is 1. The van der Waals surface area contributed by atoms with Crippen LogP contribution < -0.4 is 33.4 Å². The van der Waals surface area contributed by atoms with Gasteiger partial charge in [0.2, 0.25) is 0 Å². The molecule has 0 spiro atoms. The Morgan fingerprint density at radius 2 is 1.42 bits per heavy atom. The molecule has 0 bridgehead atoms. The molecule has 0 aliphatic carbocycles. The van der Waals surface area contributed by atoms with Crippen LogP contribution in [-0.2, 0) is 11.8 Å². The lowest BCUT2D eigenvalue weighted by atomic mass is 10.1. The lowest BCUT2D eigenvalue weighted by Crippen LogP contribution is -3.00. The van der Waals surface area contributed by atoms with Gasteiger partial charge < -0.3 is 33.6 Å². The minimum absolute atomic E-state index is 0. The van der Waals surface area contributed by atoms with Gasteiger partial charge in [-0.2, -0.15) is 0 Å². The highest BCUT2D eigenvalue weighted by Crippen LogP contribution is 2.21. The fraction of sp³-hybridized carbons (Fsp3) is 0.350. The van der Waals surface area contributed by atoms with Crippen molar-refractivity contribution in [2.45, 2.75) is 26.1 Å². The number of aryl methyl sites for hydroxylation is 1. The molecule has 0 saturated carbocycles. The highest BCUT2D eigenvalue weighted by atomic mass is 127. The lowest BCUT2D eigenvalue weighted by Gasteiger charge is -2.36. The number of nitrogens with zero attached hydrogens (tertiary/aromatic N) is 2. The van der Waals surface area contributed by atoms with Crippen LogP contribution in [0, 0.1) is 0 Å². The van der Waals surface area contributed by atoms with Gasteiger partial charge in [0.25, 0.3) is 0 Å². The average molecular weight is 436 g/mol. The maximum atomic E-state index is 5.80. The fourth-order valence-corrected chi connectivity index (χ4v) is 3.00. The summed E-state index contributed by atoms with van der Waals surface area (Å²) in [6, 6.07) is 13.0. The van der Waals surface area contributed by atoms with E-state index in [9.17, 15) is 0 Å². The van der Waals surface area contributed by atoms with Gasteiger partial charge >= 0.3 is 0 Å². The third kappa shape index (κ3) is 5.05. The van der Waals surface area contributed by atoms with Crippen molar-refractivity contribution in [1.82, 2.24) is 0 Å². The van der Waals surface area contributed by atoms with Gasteiger partial charge in [-0.3, -0.25) is 0 Å². The number of rotatable bonds is 3. The number of pyridine rings is 1. The van der Waals surface area contributed by atoms with Crippen LogP contribution in [0.1, 0.15) is 25.0 Å². The minimum Gasteiger partial charge on any atom is -1.00 e. The van der Waals surface area contributed by atoms with E-state index in [0.717, 1.165) is 13.1 Å². The predicted octanol–water partition coefficient (Wildman–Crippen LogP) is 0.299. The van der Waals surface area contributed by atoms with Crippen molar-refractivity contribution in [3.63, 3.8) is 0 Å². The molecule has 4 heteroatoms. The highest BCUT2D eigenvalue weighted by molar-refractivity contribution is 5.70. The summed E-state index contributed by atoms with van der Waals surface area (Å²) in [7, 11) is 2.03. The smallest absolute Gasteiger partial charge is 0.169 e. The van der Waals surface area contributed by atoms with Crippen molar-refractivity contribution in [3.05, 3.63) is 59.9 Å². The third-order valence-corrected chi connectivity index (χ3v) is 4.15. The topological polar surface area (TPSA) is 16.4 Å². The first-order chi connectivity index (χ1) is 11.1. The van der Waals surface area contributed by atoms with E-state index in [1.165, 1.54) is 16.8 Å². The highest BCUT2D eigenvalue weighted by Gasteiger charge is 2.22. The van der Waals surface area contributed by atoms with Crippen LogP contribution in [-0.4, -0.2) is 25.3 Å². The standard InChI is InChI=1S/C20H25N2O.HI/c1-16-14-22(15-17(2)23-16)20-8-6-18(7-9-20)4-5-19-10-12-21(3)13-11-19;/h4-13,16-17H,14-15H2,1-3H3;1H/q+1;/p-1/t16-,17+;. The quantitative estimate of drug-likeness (QED) is 0.509. The van der Waals surface area contributed by atoms with Gasteiger partial charge in [0.05, 0.1) is 12.2 Å². The van der Waals surface area contributed by atoms with E-state index >= 15 is 0 Å². The summed E-state index contributed by atoms with van der Waals surface area (Å²) in [5.41, 5.74) is 3.70. The maximum absolute atomic E-state index is 5.80. The van der Waals surface area contributed by atoms with E-state index in [0.29, 0.717) is 0 Å². The molecule has 24 heavy (non-hydrogen) atoms. The Hall–Kier alpha value is -1.40. The Morgan fingerprint density at radius 1 is 0.917 bits per heavy atom. The van der Waals surface area contributed by atoms with Gasteiger partial charge in [-0.1, -0.05) is 24.3 Å². The Labute approximate surface area is 162 Å². The van der Waals surface area contributed by atoms with Gasteiger partial charge in [0, 0.05) is 30.9 Å². The second-order valence-corrected chi connectivity index (χ2v) is 6.38. The average Bonchev–Trinajstić information content (AvgIpc) is 2.54. The molecule has 3 nitrogen and oxygen atoms in total. The lowest BCUT2D eigenvalue weighted by molar-refractivity contribution is -0.671. The molecule has 2 atom stereocenters. The molecular formula is C20H25IN2O. The number of hydrogen-bond acceptors (Lipinski definition) is 2. The van der Waals surface area contributed by atoms with E-state index in [4.69, 9.17) is 4.74 Å². The molecular weight excluding hydrogens is 411 g/mol. The molecule has 0 unspecified atom stereocenters. The van der Waals surface area contributed by atoms with Gasteiger partial charge in [0.1, 0.15) is 7.05 Å². The van der Waals surface area contributed by atoms with Crippen LogP contribution in [0.2, 0.25) is 0 Å². The number of benzene rings is 1. The number of hydrogen-bond donors (Lipinski definition) is 0. The Bertz CT molecular complexity index is 657. The molecule has 2 aromatic rings. The van der Waals surface area contributed by atoms with Crippen LogP contribution in [0.15, 0.2) is 48.8 Å². The Balaban J connectivity index is 0.00000208. The number of halogens is 1. The van der Waals surface area contributed by atoms with Gasteiger partial charge in [-0.15, -0.1) is 0 Å². The molecule has 1 aromatic carbocycles. The monoisotopic (exact) mass is 436 g/mol. The van der Waals surface area contributed by atoms with Crippen LogP contribution in [0.25, 0.3) is 12.2 Å². The maximum Gasteiger partial charge on any atom is 0.169 e. The second-order valence-electron chi connectivity index (χ2n) is 6.38. The summed E-state index contributed by atoms with van der Waals surface area (Å²) in [5, 5.41) is 0. The summed E-state index contributed by atoms with van der Waals surface area (Å²) >= 11 is 0. The normalized spacial score (nSPS) is 20.9. The Morgan fingerprint density at radius 3 is 1.96 bits per heavy atom. The molecule has 0 N–H and O–H groups in total. The van der Waals surface area contributed by atoms with Crippen molar-refractivity contribution < 1.29 is 33.3 Å². The van der Waals surface area contributed by atoms with Crippen molar-refractivity contribution >= 4 is 17.8 Å². The molecule has 0 amide bonds. The molecule has 128 valence electrons. The fourth-order valence-electron chi connectivity index (χ4n) is 3.00. The zero-order valence-electron chi connectivity index (χ0n) is 14.5. The molecule has 1 aliphatic rings. The van der Waals surface area contributed by atoms with Crippen LogP contribution in [0.3, 0.4) is 0 Å². The number of ether oxygens (including phenoxy) is 1. The molecule has 2 heterocycles. The van der Waals surface area contributed by atoms with Gasteiger partial charge in [0.15, 0.2) is 12.4 Å². The van der Waals surface area contributed by atoms with Crippen molar-refractivity contribution in [1.29, 1.82) is 0 Å². The minimum atomic E-state index is 0. The van der Waals surface area contributed by atoms with E-state index in [1.54, 1.807) is 0 Å². The Kier molecular flexibility index (Phi) is 6.80. The van der Waals surface area contributed by atoms with Gasteiger partial charge in [-0.25, -0.2) is 4.57 Å². The third-order valence-electron chi connectivity index (χ3n) is 4.15. The van der Waals surface area contributed by atoms with Crippen molar-refractivity contribution in [2.75, 3.05) is 18.0 Å². The first-order valence-electron chi connectivity index (χ1n) is 8.24. The number of morpholine rings is 1. The molecule has 1 aliphatic heterocycles. The second kappa shape index (κ2) is 8.62. The molecule has 1 aromatic heterocycles. The summed E-state index contributed by atoms with van der Waals surface area (Å²) in [5.74, 6) is 0. The van der Waals surface area contributed by atoms with Gasteiger partial charge in [-0.05, 0) is 37.1 Å². The van der Waals surface area contributed by atoms with Crippen LogP contribution in [0.4, 0.5) is 5.69 Å². The zero-order chi connectivity index (χ0) is 16.2. The van der Waals surface area contributed by atoms with Crippen LogP contribution in [0.5, 0.6) is 0 Å². The summed E-state index contributed by atoms with van der Waals surface area (Å²) < 4.78 is 7.84. The first-order valence-corrected chi connectivity index (χ1v) is 8.24. The molecule has 3 rings (SSSR count). The van der Waals surface area contributed by atoms with E-state index in [2.05, 4.69) is 79.7 Å². The summed E-state index contributed by atoms with van der Waals surface area (Å²) in [6.45, 7) is 6.19. The van der Waals surface area contributed by atoms with E-state index in [1.807, 2.05) is 11.6 Å². The van der Waals surface area contributed by atoms with Crippen LogP contribution >= 0.6 is 0 Å². The van der Waals surface area contributed by atoms with Crippen molar-refractivity contribution in [2.24, 2.45) is 7.05 Å². The zero-order valence-corrected chi connectivity index (χ0v) is 16.7. The predicted molar refractivity (Wildman–Crippen MR) is 95.2 cm³/mol. The summed E-state index contributed by atoms with van der Waals surface area (Å²) in [4.78, 5) is 2.41. The SMILES string of the molecule is C[C@@H]1CN(c2ccc(/C=C/c3cc[n+](C)cc3)cc2)C[C@H](C)O1.[I-]. The summed E-state index contributed by atoms with van der Waals surface area (Å²) in [6.07, 6.45) is 9.00. The molecule has 1 fully saturated rings.